The van der Waals surface area contributed by atoms with Crippen molar-refractivity contribution in [1.82, 2.24) is 20.0 Å². The molecule has 0 aliphatic heterocycles. The molecule has 25 heavy (non-hydrogen) atoms. The van der Waals surface area contributed by atoms with Crippen molar-refractivity contribution in [3.8, 4) is 0 Å². The van der Waals surface area contributed by atoms with Gasteiger partial charge in [-0.2, -0.15) is 5.10 Å². The Morgan fingerprint density at radius 1 is 1.48 bits per heavy atom. The minimum Gasteiger partial charge on any atom is -0.459 e. The van der Waals surface area contributed by atoms with Crippen molar-refractivity contribution in [2.24, 2.45) is 0 Å². The molecule has 2 heterocycles. The zero-order chi connectivity index (χ0) is 18.0. The highest BCUT2D eigenvalue weighted by atomic mass is 19.1. The number of likely N-dealkylation sites (N-methyl/N-ethyl adjacent to an activating group) is 1. The number of hydrogen-bond acceptors (Lipinski definition) is 3. The van der Waals surface area contributed by atoms with Crippen LogP contribution >= 0.6 is 0 Å². The summed E-state index contributed by atoms with van der Waals surface area (Å²) in [4.78, 5) is 13.9. The smallest absolute Gasteiger partial charge is 0.317 e. The molecule has 2 aromatic heterocycles. The highest BCUT2D eigenvalue weighted by Gasteiger charge is 2.20. The summed E-state index contributed by atoms with van der Waals surface area (Å²) in [6.45, 7) is 4.86. The first-order chi connectivity index (χ1) is 12.0. The number of nitrogens with zero attached hydrogens (tertiary/aromatic N) is 3. The van der Waals surface area contributed by atoms with Crippen LogP contribution in [0.1, 0.15) is 24.3 Å². The molecule has 0 bridgehead atoms. The molecule has 1 aromatic carbocycles. The fourth-order valence-electron chi connectivity index (χ4n) is 2.77. The molecule has 0 unspecified atom stereocenters. The number of aryl methyl sites for hydroxylation is 1. The number of rotatable bonds is 5. The maximum Gasteiger partial charge on any atom is 0.317 e. The van der Waals surface area contributed by atoms with Gasteiger partial charge in [0.25, 0.3) is 0 Å². The van der Waals surface area contributed by atoms with Crippen molar-refractivity contribution < 1.29 is 13.6 Å². The van der Waals surface area contributed by atoms with E-state index >= 15 is 0 Å². The number of benzene rings is 1. The quantitative estimate of drug-likeness (QED) is 0.771. The molecule has 1 N–H and O–H groups in total. The molecule has 2 amide bonds. The van der Waals surface area contributed by atoms with Crippen LogP contribution in [-0.2, 0) is 6.54 Å². The van der Waals surface area contributed by atoms with Crippen molar-refractivity contribution in [2.45, 2.75) is 26.4 Å². The summed E-state index contributed by atoms with van der Waals surface area (Å²) < 4.78 is 21.0. The lowest BCUT2D eigenvalue weighted by atomic mass is 10.1. The molecule has 0 saturated carbocycles. The standard InChI is InChI=1S/C18H21FN4O2/c1-12-15-11-14(19)5-6-16(15)25-17(12)13(2)21-18(24)22(3)9-10-23-8-4-7-20-23/h4-8,11,13H,9-10H2,1-3H3,(H,21,24)/t13-/m1/s1. The van der Waals surface area contributed by atoms with Gasteiger partial charge >= 0.3 is 6.03 Å². The zero-order valence-corrected chi connectivity index (χ0v) is 14.5. The number of carbonyl (C=O) groups is 1. The van der Waals surface area contributed by atoms with Crippen LogP contribution in [0.2, 0.25) is 0 Å². The van der Waals surface area contributed by atoms with Crippen LogP contribution < -0.4 is 5.32 Å². The molecule has 0 spiro atoms. The number of amides is 2. The second kappa shape index (κ2) is 6.96. The first-order valence-corrected chi connectivity index (χ1v) is 8.13. The first-order valence-electron chi connectivity index (χ1n) is 8.13. The van der Waals surface area contributed by atoms with E-state index in [0.717, 1.165) is 10.9 Å². The molecule has 0 aliphatic rings. The number of urea groups is 1. The summed E-state index contributed by atoms with van der Waals surface area (Å²) in [5, 5.41) is 7.75. The Balaban J connectivity index is 1.65. The molecule has 3 rings (SSSR count). The van der Waals surface area contributed by atoms with E-state index in [1.807, 2.05) is 26.1 Å². The number of halogens is 1. The van der Waals surface area contributed by atoms with Crippen molar-refractivity contribution in [2.75, 3.05) is 13.6 Å². The Labute approximate surface area is 145 Å². The Morgan fingerprint density at radius 3 is 3.00 bits per heavy atom. The van der Waals surface area contributed by atoms with E-state index in [1.165, 1.54) is 12.1 Å². The highest BCUT2D eigenvalue weighted by molar-refractivity contribution is 5.82. The number of aromatic nitrogens is 2. The van der Waals surface area contributed by atoms with Gasteiger partial charge in [0.2, 0.25) is 0 Å². The molecule has 1 atom stereocenters. The molecular weight excluding hydrogens is 323 g/mol. The first kappa shape index (κ1) is 17.0. The van der Waals surface area contributed by atoms with Crippen LogP contribution in [0.4, 0.5) is 9.18 Å². The third-order valence-corrected chi connectivity index (χ3v) is 4.24. The van der Waals surface area contributed by atoms with E-state index in [2.05, 4.69) is 10.4 Å². The molecule has 0 radical (unpaired) electrons. The number of fused-ring (bicyclic) bond motifs is 1. The van der Waals surface area contributed by atoms with Gasteiger partial charge in [-0.05, 0) is 38.1 Å². The summed E-state index contributed by atoms with van der Waals surface area (Å²) >= 11 is 0. The van der Waals surface area contributed by atoms with Gasteiger partial charge in [-0.1, -0.05) is 0 Å². The van der Waals surface area contributed by atoms with Gasteiger partial charge in [-0.3, -0.25) is 4.68 Å². The van der Waals surface area contributed by atoms with Crippen LogP contribution in [-0.4, -0.2) is 34.3 Å². The molecule has 0 fully saturated rings. The average Bonchev–Trinajstić information content (AvgIpc) is 3.21. The van der Waals surface area contributed by atoms with E-state index in [0.29, 0.717) is 24.4 Å². The fourth-order valence-corrected chi connectivity index (χ4v) is 2.77. The summed E-state index contributed by atoms with van der Waals surface area (Å²) in [6.07, 6.45) is 3.56. The lowest BCUT2D eigenvalue weighted by molar-refractivity contribution is 0.201. The predicted octanol–water partition coefficient (Wildman–Crippen LogP) is 3.48. The van der Waals surface area contributed by atoms with Crippen molar-refractivity contribution in [3.05, 3.63) is 53.8 Å². The molecule has 6 nitrogen and oxygen atoms in total. The molecule has 0 aliphatic carbocycles. The summed E-state index contributed by atoms with van der Waals surface area (Å²) in [6, 6.07) is 5.73. The molecule has 7 heteroatoms. The third kappa shape index (κ3) is 3.65. The van der Waals surface area contributed by atoms with Gasteiger partial charge in [0.1, 0.15) is 17.2 Å². The Morgan fingerprint density at radius 2 is 2.28 bits per heavy atom. The van der Waals surface area contributed by atoms with Gasteiger partial charge in [-0.25, -0.2) is 9.18 Å². The van der Waals surface area contributed by atoms with Crippen molar-refractivity contribution in [1.29, 1.82) is 0 Å². The summed E-state index contributed by atoms with van der Waals surface area (Å²) in [5.74, 6) is 0.326. The number of hydrogen-bond donors (Lipinski definition) is 1. The van der Waals surface area contributed by atoms with Crippen molar-refractivity contribution in [3.63, 3.8) is 0 Å². The normalized spacial score (nSPS) is 12.3. The third-order valence-electron chi connectivity index (χ3n) is 4.24. The number of furan rings is 1. The van der Waals surface area contributed by atoms with E-state index < -0.39 is 0 Å². The predicted molar refractivity (Wildman–Crippen MR) is 92.7 cm³/mol. The maximum absolute atomic E-state index is 13.4. The summed E-state index contributed by atoms with van der Waals surface area (Å²) in [7, 11) is 1.73. The summed E-state index contributed by atoms with van der Waals surface area (Å²) in [5.41, 5.74) is 1.45. The minimum absolute atomic E-state index is 0.203. The van der Waals surface area contributed by atoms with E-state index in [9.17, 15) is 9.18 Å². The van der Waals surface area contributed by atoms with Crippen molar-refractivity contribution >= 4 is 17.0 Å². The van der Waals surface area contributed by atoms with Crippen LogP contribution in [0.3, 0.4) is 0 Å². The minimum atomic E-state index is -0.324. The molecule has 0 saturated heterocycles. The Bertz CT molecular complexity index is 873. The largest absolute Gasteiger partial charge is 0.459 e. The molecular formula is C18H21FN4O2. The second-order valence-electron chi connectivity index (χ2n) is 6.09. The monoisotopic (exact) mass is 344 g/mol. The van der Waals surface area contributed by atoms with Crippen LogP contribution in [0, 0.1) is 12.7 Å². The van der Waals surface area contributed by atoms with Crippen LogP contribution in [0.5, 0.6) is 0 Å². The number of nitrogens with one attached hydrogen (secondary N) is 1. The van der Waals surface area contributed by atoms with Crippen LogP contribution in [0.15, 0.2) is 41.1 Å². The van der Waals surface area contributed by atoms with E-state index in [-0.39, 0.29) is 17.9 Å². The zero-order valence-electron chi connectivity index (χ0n) is 14.5. The van der Waals surface area contributed by atoms with Gasteiger partial charge in [0.05, 0.1) is 12.6 Å². The Hall–Kier alpha value is -2.83. The van der Waals surface area contributed by atoms with Crippen LogP contribution in [0.25, 0.3) is 11.0 Å². The van der Waals surface area contributed by atoms with Gasteiger partial charge in [0.15, 0.2) is 0 Å². The average molecular weight is 344 g/mol. The highest BCUT2D eigenvalue weighted by Crippen LogP contribution is 2.29. The molecule has 3 aromatic rings. The lowest BCUT2D eigenvalue weighted by Crippen LogP contribution is -2.40. The fraction of sp³-hybridized carbons (Fsp3) is 0.333. The Kier molecular flexibility index (Phi) is 4.74. The van der Waals surface area contributed by atoms with E-state index in [4.69, 9.17) is 4.42 Å². The lowest BCUT2D eigenvalue weighted by Gasteiger charge is -2.20. The topological polar surface area (TPSA) is 63.3 Å². The van der Waals surface area contributed by atoms with Gasteiger partial charge < -0.3 is 14.6 Å². The second-order valence-corrected chi connectivity index (χ2v) is 6.09. The van der Waals surface area contributed by atoms with E-state index in [1.54, 1.807) is 28.9 Å². The van der Waals surface area contributed by atoms with Gasteiger partial charge in [-0.15, -0.1) is 0 Å². The molecule has 132 valence electrons. The maximum atomic E-state index is 13.4. The number of carbonyl (C=O) groups excluding carboxylic acids is 1. The SMILES string of the molecule is Cc1c([C@@H](C)NC(=O)N(C)CCn2cccn2)oc2ccc(F)cc12. The van der Waals surface area contributed by atoms with Gasteiger partial charge in [0, 0.05) is 36.9 Å².